The van der Waals surface area contributed by atoms with E-state index in [4.69, 9.17) is 24.7 Å². The minimum Gasteiger partial charge on any atom is -0.447 e. The highest BCUT2D eigenvalue weighted by Crippen LogP contribution is 2.34. The molecule has 11 heteroatoms. The molecule has 0 spiro atoms. The van der Waals surface area contributed by atoms with Gasteiger partial charge in [-0.2, -0.15) is 0 Å². The monoisotopic (exact) mass is 622 g/mol. The number of amides is 2. The van der Waals surface area contributed by atoms with Gasteiger partial charge in [-0.25, -0.2) is 4.79 Å². The van der Waals surface area contributed by atoms with Crippen LogP contribution in [0, 0.1) is 0 Å². The number of ether oxygens (including phenoxy) is 4. The summed E-state index contributed by atoms with van der Waals surface area (Å²) in [4.78, 5) is 67.2. The second-order valence-electron chi connectivity index (χ2n) is 11.9. The number of Topliss-reactive ketones (excluding diaryl/α,β-unsaturated/α-hetero) is 1. The van der Waals surface area contributed by atoms with Gasteiger partial charge in [0.25, 0.3) is 11.8 Å². The van der Waals surface area contributed by atoms with Crippen molar-refractivity contribution in [2.75, 3.05) is 26.4 Å². The zero-order valence-electron chi connectivity index (χ0n) is 26.7. The normalized spacial score (nSPS) is 18.2. The van der Waals surface area contributed by atoms with Crippen molar-refractivity contribution in [3.8, 4) is 0 Å². The van der Waals surface area contributed by atoms with E-state index in [2.05, 4.69) is 0 Å². The number of benzene rings is 2. The number of hydrogen-bond acceptors (Lipinski definition) is 10. The van der Waals surface area contributed by atoms with Crippen molar-refractivity contribution in [3.05, 3.63) is 69.8 Å². The minimum absolute atomic E-state index is 0.0532. The maximum Gasteiger partial charge on any atom is 0.339 e. The molecule has 0 radical (unpaired) electrons. The summed E-state index contributed by atoms with van der Waals surface area (Å²) in [5.74, 6) is -2.40. The summed E-state index contributed by atoms with van der Waals surface area (Å²) >= 11 is 0. The summed E-state index contributed by atoms with van der Waals surface area (Å²) in [5.41, 5.74) is 5.32. The lowest BCUT2D eigenvalue weighted by Gasteiger charge is -2.34. The number of carbonyl (C=O) groups excluding carboxylic acids is 5. The molecule has 0 bridgehead atoms. The van der Waals surface area contributed by atoms with Crippen molar-refractivity contribution in [1.82, 2.24) is 4.90 Å². The minimum atomic E-state index is -1.27. The zero-order valence-corrected chi connectivity index (χ0v) is 26.7. The molecule has 2 amide bonds. The molecule has 0 fully saturated rings. The summed E-state index contributed by atoms with van der Waals surface area (Å²) in [6.07, 6.45) is 0.166. The predicted octanol–water partition coefficient (Wildman–Crippen LogP) is 3.99. The van der Waals surface area contributed by atoms with Crippen LogP contribution >= 0.6 is 0 Å². The molecule has 0 saturated carbocycles. The highest BCUT2D eigenvalue weighted by atomic mass is 16.6. The summed E-state index contributed by atoms with van der Waals surface area (Å²) < 4.78 is 22.6. The van der Waals surface area contributed by atoms with Gasteiger partial charge >= 0.3 is 5.97 Å². The molecule has 0 aromatic heterocycles. The maximum atomic E-state index is 13.5. The molecule has 2 aromatic carbocycles. The van der Waals surface area contributed by atoms with Crippen LogP contribution in [0.3, 0.4) is 0 Å². The average Bonchev–Trinajstić information content (AvgIpc) is 3.28. The molecule has 4 rings (SSSR count). The smallest absolute Gasteiger partial charge is 0.339 e. The maximum absolute atomic E-state index is 13.5. The van der Waals surface area contributed by atoms with E-state index in [9.17, 15) is 24.0 Å². The Labute approximate surface area is 263 Å². The van der Waals surface area contributed by atoms with Crippen LogP contribution in [0.2, 0.25) is 0 Å². The van der Waals surface area contributed by atoms with Crippen molar-refractivity contribution in [1.29, 1.82) is 0 Å². The number of cyclic esters (lactones) is 1. The van der Waals surface area contributed by atoms with Gasteiger partial charge in [0.2, 0.25) is 5.78 Å². The zero-order chi connectivity index (χ0) is 33.1. The number of nitrogens with two attached hydrogens (primary N) is 1. The molecule has 2 N–H and O–H groups in total. The molecule has 2 heterocycles. The van der Waals surface area contributed by atoms with E-state index >= 15 is 0 Å². The van der Waals surface area contributed by atoms with Gasteiger partial charge in [-0.1, -0.05) is 26.0 Å². The van der Waals surface area contributed by atoms with Crippen LogP contribution in [-0.4, -0.2) is 90.6 Å². The van der Waals surface area contributed by atoms with E-state index in [1.54, 1.807) is 20.8 Å². The van der Waals surface area contributed by atoms with Gasteiger partial charge in [0.05, 0.1) is 61.4 Å². The van der Waals surface area contributed by atoms with Crippen molar-refractivity contribution < 1.29 is 42.9 Å². The number of ketones is 2. The molecule has 0 saturated heterocycles. The number of nitrogens with zero attached hydrogens (tertiary/aromatic N) is 1. The highest BCUT2D eigenvalue weighted by Gasteiger charge is 2.46. The Balaban J connectivity index is 1.42. The first-order valence-electron chi connectivity index (χ1n) is 15.4. The first-order valence-corrected chi connectivity index (χ1v) is 15.4. The third-order valence-corrected chi connectivity index (χ3v) is 8.18. The van der Waals surface area contributed by atoms with Gasteiger partial charge in [0, 0.05) is 22.7 Å². The molecule has 2 aliphatic rings. The van der Waals surface area contributed by atoms with E-state index in [1.807, 2.05) is 20.8 Å². The van der Waals surface area contributed by atoms with Gasteiger partial charge in [-0.05, 0) is 64.8 Å². The van der Waals surface area contributed by atoms with E-state index in [0.29, 0.717) is 32.7 Å². The molecule has 242 valence electrons. The van der Waals surface area contributed by atoms with Gasteiger partial charge < -0.3 is 24.7 Å². The predicted molar refractivity (Wildman–Crippen MR) is 165 cm³/mol. The lowest BCUT2D eigenvalue weighted by molar-refractivity contribution is -0.0633. The SMILES string of the molecule is CCC1(CC)OC(=O)c2ccc(C(=O)c3ccc4c(c3)C(=O)N(C(C)COC(C)COC(C)COCC(C)N)C4=O)cc2C1=O. The first-order chi connectivity index (χ1) is 21.3. The second-order valence-corrected chi connectivity index (χ2v) is 11.9. The summed E-state index contributed by atoms with van der Waals surface area (Å²) in [7, 11) is 0. The van der Waals surface area contributed by atoms with E-state index in [1.165, 1.54) is 36.4 Å². The van der Waals surface area contributed by atoms with Crippen LogP contribution < -0.4 is 5.73 Å². The van der Waals surface area contributed by atoms with Crippen LogP contribution in [-0.2, 0) is 18.9 Å². The van der Waals surface area contributed by atoms with E-state index < -0.39 is 35.2 Å². The van der Waals surface area contributed by atoms with Crippen molar-refractivity contribution in [3.63, 3.8) is 0 Å². The molecule has 45 heavy (non-hydrogen) atoms. The Morgan fingerprint density at radius 1 is 0.778 bits per heavy atom. The Morgan fingerprint density at radius 3 is 1.96 bits per heavy atom. The van der Waals surface area contributed by atoms with Gasteiger partial charge in [0.15, 0.2) is 11.4 Å². The Kier molecular flexibility index (Phi) is 10.7. The highest BCUT2D eigenvalue weighted by molar-refractivity contribution is 6.23. The second kappa shape index (κ2) is 14.1. The third-order valence-electron chi connectivity index (χ3n) is 8.18. The number of rotatable bonds is 15. The molecular formula is C34H42N2O9. The Morgan fingerprint density at radius 2 is 1.33 bits per heavy atom. The number of carbonyl (C=O) groups is 5. The third kappa shape index (κ3) is 7.06. The van der Waals surface area contributed by atoms with Crippen LogP contribution in [0.25, 0.3) is 0 Å². The van der Waals surface area contributed by atoms with Crippen LogP contribution in [0.1, 0.15) is 112 Å². The number of fused-ring (bicyclic) bond motifs is 2. The number of esters is 1. The molecule has 0 aliphatic carbocycles. The van der Waals surface area contributed by atoms with Gasteiger partial charge in [-0.15, -0.1) is 0 Å². The molecule has 11 nitrogen and oxygen atoms in total. The molecule has 4 unspecified atom stereocenters. The van der Waals surface area contributed by atoms with Crippen molar-refractivity contribution >= 4 is 29.4 Å². The lowest BCUT2D eigenvalue weighted by atomic mass is 9.82. The largest absolute Gasteiger partial charge is 0.447 e. The van der Waals surface area contributed by atoms with Gasteiger partial charge in [0.1, 0.15) is 0 Å². The lowest BCUT2D eigenvalue weighted by Crippen LogP contribution is -2.46. The molecule has 2 aliphatic heterocycles. The Bertz CT molecular complexity index is 1480. The molecular weight excluding hydrogens is 580 g/mol. The van der Waals surface area contributed by atoms with Crippen molar-refractivity contribution in [2.24, 2.45) is 5.73 Å². The number of imide groups is 1. The fourth-order valence-electron chi connectivity index (χ4n) is 5.45. The topological polar surface area (TPSA) is 152 Å². The Hall–Kier alpha value is -3.77. The van der Waals surface area contributed by atoms with Crippen LogP contribution in [0.5, 0.6) is 0 Å². The summed E-state index contributed by atoms with van der Waals surface area (Å²) in [6, 6.07) is 7.98. The summed E-state index contributed by atoms with van der Waals surface area (Å²) in [5, 5.41) is 0. The number of hydrogen-bond donors (Lipinski definition) is 1. The standard InChI is InChI=1S/C34H42N2O9/c1-7-34(8-2)30(38)27-13-23(10-12-26(27)33(41)45-34)29(37)24-9-11-25-28(14-24)32(40)36(31(25)39)20(4)16-43-22(6)18-44-21(5)17-42-15-19(3)35/h9-14,19-22H,7-8,15-18,35H2,1-6H3. The van der Waals surface area contributed by atoms with Crippen LogP contribution in [0.15, 0.2) is 36.4 Å². The fourth-order valence-corrected chi connectivity index (χ4v) is 5.45. The molecule has 2 aromatic rings. The van der Waals surface area contributed by atoms with E-state index in [-0.39, 0.29) is 64.0 Å². The van der Waals surface area contributed by atoms with Crippen LogP contribution in [0.4, 0.5) is 0 Å². The molecule has 4 atom stereocenters. The quantitative estimate of drug-likeness (QED) is 0.175. The van der Waals surface area contributed by atoms with Crippen molar-refractivity contribution in [2.45, 2.75) is 84.3 Å². The summed E-state index contributed by atoms with van der Waals surface area (Å²) in [6.45, 7) is 12.1. The van der Waals surface area contributed by atoms with E-state index in [0.717, 1.165) is 4.90 Å². The first kappa shape index (κ1) is 34.1. The average molecular weight is 623 g/mol. The fraction of sp³-hybridized carbons (Fsp3) is 0.500. The van der Waals surface area contributed by atoms with Gasteiger partial charge in [-0.3, -0.25) is 24.1 Å².